The molecule has 0 fully saturated rings. The molecule has 0 radical (unpaired) electrons. The van der Waals surface area contributed by atoms with Gasteiger partial charge >= 0.3 is 0 Å². The number of carbonyl (C=O) groups excluding carboxylic acids is 1. The van der Waals surface area contributed by atoms with Crippen LogP contribution in [0, 0.1) is 0 Å². The van der Waals surface area contributed by atoms with Crippen LogP contribution in [-0.2, 0) is 4.79 Å². The van der Waals surface area contributed by atoms with Gasteiger partial charge in [-0.15, -0.1) is 0 Å². The average molecular weight is 255 g/mol. The minimum Gasteiger partial charge on any atom is -0.497 e. The first-order valence-electron chi connectivity index (χ1n) is 5.09. The van der Waals surface area contributed by atoms with Gasteiger partial charge in [0, 0.05) is 23.3 Å². The first-order chi connectivity index (χ1) is 8.11. The van der Waals surface area contributed by atoms with E-state index in [1.807, 2.05) is 12.1 Å². The van der Waals surface area contributed by atoms with E-state index < -0.39 is 0 Å². The van der Waals surface area contributed by atoms with E-state index in [1.54, 1.807) is 19.2 Å². The van der Waals surface area contributed by atoms with Gasteiger partial charge in [-0.2, -0.15) is 0 Å². The number of nitrogens with one attached hydrogen (secondary N) is 2. The van der Waals surface area contributed by atoms with Crippen LogP contribution in [0.25, 0.3) is 0 Å². The van der Waals surface area contributed by atoms with Gasteiger partial charge in [0.1, 0.15) is 5.75 Å². The molecule has 0 unspecified atom stereocenters. The van der Waals surface area contributed by atoms with Crippen molar-refractivity contribution in [2.45, 2.75) is 0 Å². The van der Waals surface area contributed by atoms with Gasteiger partial charge in [0.05, 0.1) is 13.7 Å². The molecular formula is C12H15ClN2O2. The summed E-state index contributed by atoms with van der Waals surface area (Å²) in [4.78, 5) is 11.5. The van der Waals surface area contributed by atoms with E-state index >= 15 is 0 Å². The number of benzene rings is 1. The van der Waals surface area contributed by atoms with Gasteiger partial charge in [0.15, 0.2) is 0 Å². The Labute approximate surface area is 106 Å². The first-order valence-corrected chi connectivity index (χ1v) is 5.47. The van der Waals surface area contributed by atoms with Crippen molar-refractivity contribution in [3.8, 4) is 5.75 Å². The minimum atomic E-state index is -0.142. The Morgan fingerprint density at radius 2 is 2.24 bits per heavy atom. The largest absolute Gasteiger partial charge is 0.497 e. The van der Waals surface area contributed by atoms with Crippen molar-refractivity contribution in [2.24, 2.45) is 0 Å². The molecule has 1 aromatic carbocycles. The predicted octanol–water partition coefficient (Wildman–Crippen LogP) is 1.98. The number of rotatable bonds is 6. The fraction of sp³-hybridized carbons (Fsp3) is 0.250. The summed E-state index contributed by atoms with van der Waals surface area (Å²) >= 11 is 5.56. The van der Waals surface area contributed by atoms with Crippen LogP contribution < -0.4 is 15.4 Å². The average Bonchev–Trinajstić information content (AvgIpc) is 2.28. The molecule has 0 saturated carbocycles. The highest BCUT2D eigenvalue weighted by Gasteiger charge is 2.02. The zero-order valence-corrected chi connectivity index (χ0v) is 10.4. The molecule has 92 valence electrons. The molecule has 5 heteroatoms. The second kappa shape index (κ2) is 6.93. The Morgan fingerprint density at radius 1 is 1.47 bits per heavy atom. The number of halogens is 1. The van der Waals surface area contributed by atoms with Crippen molar-refractivity contribution in [1.29, 1.82) is 0 Å². The zero-order valence-electron chi connectivity index (χ0n) is 9.63. The number of hydrogen-bond acceptors (Lipinski definition) is 3. The van der Waals surface area contributed by atoms with E-state index in [1.165, 1.54) is 0 Å². The fourth-order valence-electron chi connectivity index (χ4n) is 1.22. The third-order valence-electron chi connectivity index (χ3n) is 1.96. The number of amides is 1. The van der Waals surface area contributed by atoms with Crippen molar-refractivity contribution >= 4 is 23.2 Å². The molecule has 0 bridgehead atoms. The number of anilines is 1. The lowest BCUT2D eigenvalue weighted by Gasteiger charge is -2.07. The topological polar surface area (TPSA) is 50.4 Å². The number of methoxy groups -OCH3 is 1. The smallest absolute Gasteiger partial charge is 0.238 e. The van der Waals surface area contributed by atoms with Crippen LogP contribution in [0.1, 0.15) is 0 Å². The maximum absolute atomic E-state index is 11.5. The highest BCUT2D eigenvalue weighted by molar-refractivity contribution is 6.29. The maximum Gasteiger partial charge on any atom is 0.238 e. The van der Waals surface area contributed by atoms with Crippen LogP contribution in [0.4, 0.5) is 5.69 Å². The molecule has 2 N–H and O–H groups in total. The summed E-state index contributed by atoms with van der Waals surface area (Å²) < 4.78 is 5.05. The van der Waals surface area contributed by atoms with E-state index in [0.29, 0.717) is 23.0 Å². The van der Waals surface area contributed by atoms with E-state index in [9.17, 15) is 4.79 Å². The van der Waals surface area contributed by atoms with E-state index in [-0.39, 0.29) is 12.5 Å². The minimum absolute atomic E-state index is 0.142. The van der Waals surface area contributed by atoms with Crippen LogP contribution >= 0.6 is 11.6 Å². The molecule has 0 spiro atoms. The maximum atomic E-state index is 11.5. The molecule has 17 heavy (non-hydrogen) atoms. The molecule has 0 aromatic heterocycles. The molecule has 4 nitrogen and oxygen atoms in total. The van der Waals surface area contributed by atoms with Crippen LogP contribution in [-0.4, -0.2) is 26.1 Å². The number of hydrogen-bond donors (Lipinski definition) is 2. The second-order valence-corrected chi connectivity index (χ2v) is 3.94. The Hall–Kier alpha value is -1.52. The SMILES string of the molecule is C=C(Cl)CNCC(=O)Nc1cccc(OC)c1. The van der Waals surface area contributed by atoms with Crippen LogP contribution in [0.3, 0.4) is 0 Å². The molecule has 1 amide bonds. The molecule has 0 aliphatic rings. The molecular weight excluding hydrogens is 240 g/mol. The van der Waals surface area contributed by atoms with Gasteiger partial charge in [0.25, 0.3) is 0 Å². The van der Waals surface area contributed by atoms with E-state index in [2.05, 4.69) is 17.2 Å². The summed E-state index contributed by atoms with van der Waals surface area (Å²) in [6.07, 6.45) is 0. The highest BCUT2D eigenvalue weighted by Crippen LogP contribution is 2.16. The molecule has 0 atom stereocenters. The number of carbonyl (C=O) groups is 1. The van der Waals surface area contributed by atoms with Gasteiger partial charge in [-0.25, -0.2) is 0 Å². The van der Waals surface area contributed by atoms with E-state index in [0.717, 1.165) is 0 Å². The van der Waals surface area contributed by atoms with Crippen LogP contribution in [0.2, 0.25) is 0 Å². The summed E-state index contributed by atoms with van der Waals surface area (Å²) in [5.41, 5.74) is 0.695. The van der Waals surface area contributed by atoms with Crippen LogP contribution in [0.5, 0.6) is 5.75 Å². The van der Waals surface area contributed by atoms with Crippen LogP contribution in [0.15, 0.2) is 35.9 Å². The van der Waals surface area contributed by atoms with E-state index in [4.69, 9.17) is 16.3 Å². The summed E-state index contributed by atoms with van der Waals surface area (Å²) in [5, 5.41) is 6.07. The summed E-state index contributed by atoms with van der Waals surface area (Å²) in [5.74, 6) is 0.557. The van der Waals surface area contributed by atoms with Gasteiger partial charge in [-0.05, 0) is 12.1 Å². The summed E-state index contributed by atoms with van der Waals surface area (Å²) in [6.45, 7) is 4.11. The third-order valence-corrected chi connectivity index (χ3v) is 2.09. The molecule has 0 aliphatic carbocycles. The number of ether oxygens (including phenoxy) is 1. The van der Waals surface area contributed by atoms with Crippen molar-refractivity contribution in [2.75, 3.05) is 25.5 Å². The predicted molar refractivity (Wildman–Crippen MR) is 69.5 cm³/mol. The lowest BCUT2D eigenvalue weighted by Crippen LogP contribution is -2.28. The van der Waals surface area contributed by atoms with Crippen molar-refractivity contribution in [3.63, 3.8) is 0 Å². The molecule has 1 rings (SSSR count). The van der Waals surface area contributed by atoms with Crippen molar-refractivity contribution in [3.05, 3.63) is 35.9 Å². The Kier molecular flexibility index (Phi) is 5.52. The Balaban J connectivity index is 2.42. The molecule has 0 saturated heterocycles. The van der Waals surface area contributed by atoms with Gasteiger partial charge in [-0.3, -0.25) is 4.79 Å². The van der Waals surface area contributed by atoms with Gasteiger partial charge < -0.3 is 15.4 Å². The molecule has 1 aromatic rings. The monoisotopic (exact) mass is 254 g/mol. The summed E-state index contributed by atoms with van der Waals surface area (Å²) in [7, 11) is 1.58. The fourth-order valence-corrected chi connectivity index (χ4v) is 1.31. The lowest BCUT2D eigenvalue weighted by atomic mass is 10.3. The zero-order chi connectivity index (χ0) is 12.7. The lowest BCUT2D eigenvalue weighted by molar-refractivity contribution is -0.115. The Bertz CT molecular complexity index is 407. The first kappa shape index (κ1) is 13.5. The van der Waals surface area contributed by atoms with Gasteiger partial charge in [0.2, 0.25) is 5.91 Å². The molecule has 0 aliphatic heterocycles. The van der Waals surface area contributed by atoms with Crippen molar-refractivity contribution in [1.82, 2.24) is 5.32 Å². The standard InChI is InChI=1S/C12H15ClN2O2/c1-9(13)7-14-8-12(16)15-10-4-3-5-11(6-10)17-2/h3-6,14H,1,7-8H2,2H3,(H,15,16). The molecule has 0 heterocycles. The summed E-state index contributed by atoms with van der Waals surface area (Å²) in [6, 6.07) is 7.16. The Morgan fingerprint density at radius 3 is 2.88 bits per heavy atom. The highest BCUT2D eigenvalue weighted by atomic mass is 35.5. The quantitative estimate of drug-likeness (QED) is 0.816. The van der Waals surface area contributed by atoms with Gasteiger partial charge in [-0.1, -0.05) is 24.2 Å². The second-order valence-electron chi connectivity index (χ2n) is 3.40. The third kappa shape index (κ3) is 5.38. The van der Waals surface area contributed by atoms with Crippen molar-refractivity contribution < 1.29 is 9.53 Å². The normalized spacial score (nSPS) is 9.76.